The molecule has 0 aliphatic heterocycles. The second kappa shape index (κ2) is 9.50. The van der Waals surface area contributed by atoms with Gasteiger partial charge in [-0.2, -0.15) is 0 Å². The van der Waals surface area contributed by atoms with Crippen molar-refractivity contribution in [3.63, 3.8) is 0 Å². The molecule has 0 radical (unpaired) electrons. The first-order chi connectivity index (χ1) is 15.0. The summed E-state index contributed by atoms with van der Waals surface area (Å²) in [5.74, 6) is 0. The number of rotatable bonds is 6. The van der Waals surface area contributed by atoms with Gasteiger partial charge < -0.3 is 5.32 Å². The van der Waals surface area contributed by atoms with Gasteiger partial charge in [0, 0.05) is 17.5 Å². The smallest absolute Gasteiger partial charge is 0.0465 e. The van der Waals surface area contributed by atoms with Crippen LogP contribution in [0.25, 0.3) is 0 Å². The molecule has 0 spiro atoms. The number of hydrogen-bond donors (Lipinski definition) is 1. The summed E-state index contributed by atoms with van der Waals surface area (Å²) in [6.45, 7) is 7.71. The van der Waals surface area contributed by atoms with Gasteiger partial charge >= 0.3 is 0 Å². The number of benzene rings is 4. The molecule has 156 valence electrons. The van der Waals surface area contributed by atoms with Gasteiger partial charge in [-0.15, -0.1) is 0 Å². The molecule has 0 amide bonds. The van der Waals surface area contributed by atoms with Crippen molar-refractivity contribution in [2.75, 3.05) is 5.32 Å². The largest absolute Gasteiger partial charge is 0.380 e. The van der Waals surface area contributed by atoms with E-state index in [9.17, 15) is 0 Å². The molecule has 4 aromatic carbocycles. The monoisotopic (exact) mass is 423 g/mol. The molecule has 0 atom stereocenters. The minimum absolute atomic E-state index is 0.0450. The fourth-order valence-corrected chi connectivity index (χ4v) is 6.36. The van der Waals surface area contributed by atoms with Gasteiger partial charge in [-0.3, -0.25) is 0 Å². The third-order valence-electron chi connectivity index (χ3n) is 5.43. The fraction of sp³-hybridized carbons (Fsp3) is 0.172. The van der Waals surface area contributed by atoms with E-state index in [1.807, 2.05) is 0 Å². The van der Waals surface area contributed by atoms with Gasteiger partial charge in [0.25, 0.3) is 0 Å². The first-order valence-corrected chi connectivity index (χ1v) is 12.2. The Hall–Kier alpha value is -2.89. The zero-order valence-electron chi connectivity index (χ0n) is 18.5. The Balaban J connectivity index is 1.86. The first-order valence-electron chi connectivity index (χ1n) is 10.9. The van der Waals surface area contributed by atoms with E-state index in [0.29, 0.717) is 0 Å². The van der Waals surface area contributed by atoms with Crippen molar-refractivity contribution < 1.29 is 0 Å². The van der Waals surface area contributed by atoms with Crippen molar-refractivity contribution in [1.82, 2.24) is 0 Å². The molecule has 0 saturated heterocycles. The van der Waals surface area contributed by atoms with Crippen molar-refractivity contribution in [3.05, 3.63) is 120 Å². The minimum atomic E-state index is -0.673. The van der Waals surface area contributed by atoms with E-state index in [2.05, 4.69) is 135 Å². The third-order valence-corrected chi connectivity index (χ3v) is 7.92. The highest BCUT2D eigenvalue weighted by molar-refractivity contribution is 7.80. The van der Waals surface area contributed by atoms with Gasteiger partial charge in [0.15, 0.2) is 0 Å². The Morgan fingerprint density at radius 1 is 0.613 bits per heavy atom. The molecule has 4 aromatic rings. The Morgan fingerprint density at radius 3 is 1.65 bits per heavy atom. The third kappa shape index (κ3) is 5.06. The molecular weight excluding hydrogens is 393 g/mol. The highest BCUT2D eigenvalue weighted by Gasteiger charge is 2.25. The Labute approximate surface area is 187 Å². The topological polar surface area (TPSA) is 12.0 Å². The summed E-state index contributed by atoms with van der Waals surface area (Å²) in [6, 6.07) is 39.3. The Morgan fingerprint density at radius 2 is 1.13 bits per heavy atom. The quantitative estimate of drug-likeness (QED) is 0.356. The first kappa shape index (κ1) is 21.3. The van der Waals surface area contributed by atoms with Crippen LogP contribution in [0.15, 0.2) is 109 Å². The number of hydrogen-bond acceptors (Lipinski definition) is 1. The molecule has 31 heavy (non-hydrogen) atoms. The van der Waals surface area contributed by atoms with Crippen LogP contribution in [0.2, 0.25) is 0 Å². The average molecular weight is 424 g/mol. The molecule has 0 fully saturated rings. The normalized spacial score (nSPS) is 11.5. The summed E-state index contributed by atoms with van der Waals surface area (Å²) < 4.78 is 0. The van der Waals surface area contributed by atoms with Crippen molar-refractivity contribution in [1.29, 1.82) is 0 Å². The Bertz CT molecular complexity index is 1060. The summed E-state index contributed by atoms with van der Waals surface area (Å²) in [4.78, 5) is 0. The minimum Gasteiger partial charge on any atom is -0.380 e. The fourth-order valence-electron chi connectivity index (χ4n) is 3.90. The van der Waals surface area contributed by atoms with Crippen LogP contribution in [0.5, 0.6) is 0 Å². The van der Waals surface area contributed by atoms with Crippen molar-refractivity contribution in [2.45, 2.75) is 32.7 Å². The molecule has 0 bridgehead atoms. The predicted molar refractivity (Wildman–Crippen MR) is 138 cm³/mol. The summed E-state index contributed by atoms with van der Waals surface area (Å²) >= 11 is 0. The lowest BCUT2D eigenvalue weighted by atomic mass is 9.85. The number of nitrogens with one attached hydrogen (secondary N) is 1. The van der Waals surface area contributed by atoms with E-state index in [1.165, 1.54) is 32.7 Å². The summed E-state index contributed by atoms with van der Waals surface area (Å²) in [6.07, 6.45) is 0. The van der Waals surface area contributed by atoms with Crippen LogP contribution in [-0.2, 0) is 12.0 Å². The van der Waals surface area contributed by atoms with E-state index in [1.54, 1.807) is 0 Å². The molecule has 4 rings (SSSR count). The lowest BCUT2D eigenvalue weighted by molar-refractivity contribution is 0.592. The highest BCUT2D eigenvalue weighted by atomic mass is 31.1. The molecule has 0 saturated carbocycles. The van der Waals surface area contributed by atoms with E-state index in [-0.39, 0.29) is 5.41 Å². The van der Waals surface area contributed by atoms with Crippen molar-refractivity contribution in [3.8, 4) is 0 Å². The second-order valence-corrected chi connectivity index (χ2v) is 11.0. The van der Waals surface area contributed by atoms with E-state index in [0.717, 1.165) is 6.54 Å². The van der Waals surface area contributed by atoms with Gasteiger partial charge in [0.1, 0.15) is 0 Å². The number of anilines is 1. The van der Waals surface area contributed by atoms with E-state index < -0.39 is 7.92 Å². The van der Waals surface area contributed by atoms with Gasteiger partial charge in [0.05, 0.1) is 0 Å². The van der Waals surface area contributed by atoms with Gasteiger partial charge in [0.2, 0.25) is 0 Å². The maximum absolute atomic E-state index is 3.84. The standard InChI is InChI=1S/C29H30NP/c1-29(2,3)26-20-13-21-27(28(26)30-22-23-14-7-4-8-15-23)31(24-16-9-5-10-17-24)25-18-11-6-12-19-25/h4-21,30H,22H2,1-3H3. The maximum Gasteiger partial charge on any atom is 0.0465 e. The zero-order valence-corrected chi connectivity index (χ0v) is 19.4. The highest BCUT2D eigenvalue weighted by Crippen LogP contribution is 2.39. The molecule has 0 unspecified atom stereocenters. The van der Waals surface area contributed by atoms with E-state index >= 15 is 0 Å². The summed E-state index contributed by atoms with van der Waals surface area (Å²) in [7, 11) is -0.673. The van der Waals surface area contributed by atoms with Crippen LogP contribution in [0.3, 0.4) is 0 Å². The SMILES string of the molecule is CC(C)(C)c1cccc(P(c2ccccc2)c2ccccc2)c1NCc1ccccc1. The van der Waals surface area contributed by atoms with Crippen LogP contribution < -0.4 is 21.2 Å². The van der Waals surface area contributed by atoms with Crippen LogP contribution in [0, 0.1) is 0 Å². The van der Waals surface area contributed by atoms with Crippen molar-refractivity contribution >= 4 is 29.5 Å². The van der Waals surface area contributed by atoms with Crippen LogP contribution in [0.1, 0.15) is 31.9 Å². The summed E-state index contributed by atoms with van der Waals surface area (Å²) in [5.41, 5.74) is 3.97. The molecule has 0 aliphatic carbocycles. The van der Waals surface area contributed by atoms with E-state index in [4.69, 9.17) is 0 Å². The molecular formula is C29H30NP. The molecule has 0 heterocycles. The zero-order chi connectivity index (χ0) is 21.7. The second-order valence-electron chi connectivity index (χ2n) is 8.80. The Kier molecular flexibility index (Phi) is 6.54. The maximum atomic E-state index is 3.84. The molecule has 0 aliphatic rings. The summed E-state index contributed by atoms with van der Waals surface area (Å²) in [5, 5.41) is 7.97. The van der Waals surface area contributed by atoms with Crippen LogP contribution >= 0.6 is 7.92 Å². The molecule has 1 nitrogen and oxygen atoms in total. The molecule has 0 aromatic heterocycles. The van der Waals surface area contributed by atoms with Gasteiger partial charge in [-0.1, -0.05) is 130 Å². The van der Waals surface area contributed by atoms with Gasteiger partial charge in [-0.05, 0) is 35.1 Å². The van der Waals surface area contributed by atoms with Crippen molar-refractivity contribution in [2.24, 2.45) is 0 Å². The predicted octanol–water partition coefficient (Wildman–Crippen LogP) is 6.35. The number of para-hydroxylation sites is 1. The van der Waals surface area contributed by atoms with Crippen LogP contribution in [-0.4, -0.2) is 0 Å². The molecule has 2 heteroatoms. The molecule has 1 N–H and O–H groups in total. The average Bonchev–Trinajstić information content (AvgIpc) is 2.80. The lowest BCUT2D eigenvalue weighted by Gasteiger charge is -2.29. The van der Waals surface area contributed by atoms with Crippen LogP contribution in [0.4, 0.5) is 5.69 Å². The lowest BCUT2D eigenvalue weighted by Crippen LogP contribution is -2.26. The van der Waals surface area contributed by atoms with Gasteiger partial charge in [-0.25, -0.2) is 0 Å².